The van der Waals surface area contributed by atoms with Crippen LogP contribution in [-0.2, 0) is 6.42 Å². The van der Waals surface area contributed by atoms with E-state index in [-0.39, 0.29) is 5.12 Å². The number of benzene rings is 2. The molecule has 0 saturated carbocycles. The Morgan fingerprint density at radius 3 is 2.04 bits per heavy atom. The van der Waals surface area contributed by atoms with Crippen LogP contribution in [0, 0.1) is 0 Å². The normalized spacial score (nSPS) is 14.3. The molecule has 0 aliphatic rings. The molecule has 0 saturated heterocycles. The van der Waals surface area contributed by atoms with E-state index in [2.05, 4.69) is 50.8 Å². The van der Waals surface area contributed by atoms with E-state index in [0.29, 0.717) is 0 Å². The van der Waals surface area contributed by atoms with Gasteiger partial charge in [0, 0.05) is 23.5 Å². The van der Waals surface area contributed by atoms with Gasteiger partial charge in [-0.2, -0.15) is 0 Å². The Hall–Kier alpha value is -1.65. The van der Waals surface area contributed by atoms with Crippen LogP contribution in [0.4, 0.5) is 0 Å². The number of nitrogens with zero attached hydrogens (tertiary/aromatic N) is 1. The summed E-state index contributed by atoms with van der Waals surface area (Å²) in [5.74, 6) is 0.729. The zero-order valence-electron chi connectivity index (χ0n) is 16.2. The number of rotatable bonds is 6. The molecule has 1 unspecified atom stereocenters. The molecule has 0 aliphatic heterocycles. The van der Waals surface area contributed by atoms with Gasteiger partial charge in [-0.25, -0.2) is 0 Å². The lowest BCUT2D eigenvalue weighted by Gasteiger charge is -2.43. The van der Waals surface area contributed by atoms with Gasteiger partial charge in [-0.05, 0) is 37.7 Å². The van der Waals surface area contributed by atoms with Crippen LogP contribution in [0.3, 0.4) is 0 Å². The van der Waals surface area contributed by atoms with Crippen LogP contribution in [0.1, 0.15) is 43.6 Å². The van der Waals surface area contributed by atoms with Gasteiger partial charge in [0.15, 0.2) is 0 Å². The largest absolute Gasteiger partial charge is 0.359 e. The average Bonchev–Trinajstić information content (AvgIpc) is 2.70. The Morgan fingerprint density at radius 1 is 0.923 bits per heavy atom. The monoisotopic (exact) mass is 387 g/mol. The second-order valence-electron chi connectivity index (χ2n) is 6.08. The molecule has 0 radical (unpaired) electrons. The molecular weight excluding hydrogens is 358 g/mol. The highest BCUT2D eigenvalue weighted by Crippen LogP contribution is 2.61. The summed E-state index contributed by atoms with van der Waals surface area (Å²) in [6, 6.07) is 18.0. The van der Waals surface area contributed by atoms with Crippen LogP contribution in [0.5, 0.6) is 0 Å². The van der Waals surface area contributed by atoms with Crippen molar-refractivity contribution in [2.45, 2.75) is 39.0 Å². The second kappa shape index (κ2) is 9.33. The predicted molar refractivity (Wildman–Crippen MR) is 119 cm³/mol. The van der Waals surface area contributed by atoms with Gasteiger partial charge in [0.1, 0.15) is 4.32 Å². The molecule has 26 heavy (non-hydrogen) atoms. The molecule has 2 rings (SSSR count). The Labute approximate surface area is 164 Å². The summed E-state index contributed by atoms with van der Waals surface area (Å²) in [5.41, 5.74) is 1.98. The van der Waals surface area contributed by atoms with E-state index in [1.54, 1.807) is 0 Å². The third-order valence-electron chi connectivity index (χ3n) is 4.81. The molecule has 0 aliphatic carbocycles. The quantitative estimate of drug-likeness (QED) is 0.576. The molecule has 2 aromatic carbocycles. The summed E-state index contributed by atoms with van der Waals surface area (Å²) in [6.07, 6.45) is 0.897. The van der Waals surface area contributed by atoms with Gasteiger partial charge in [-0.15, -0.1) is 0 Å². The average molecular weight is 388 g/mol. The van der Waals surface area contributed by atoms with Crippen molar-refractivity contribution in [3.05, 3.63) is 65.7 Å². The topological polar surface area (TPSA) is 20.3 Å². The first kappa shape index (κ1) is 20.7. The van der Waals surface area contributed by atoms with E-state index >= 15 is 0 Å². The fourth-order valence-electron chi connectivity index (χ4n) is 3.30. The number of aryl methyl sites for hydroxylation is 1. The van der Waals surface area contributed by atoms with Gasteiger partial charge in [-0.1, -0.05) is 84.6 Å². The Bertz CT molecular complexity index is 756. The van der Waals surface area contributed by atoms with Crippen molar-refractivity contribution in [2.24, 2.45) is 0 Å². The minimum absolute atomic E-state index is 0.179. The van der Waals surface area contributed by atoms with E-state index in [9.17, 15) is 4.79 Å². The van der Waals surface area contributed by atoms with Crippen molar-refractivity contribution in [2.75, 3.05) is 18.8 Å². The van der Waals surface area contributed by atoms with Crippen LogP contribution in [-0.4, -0.2) is 33.2 Å². The van der Waals surface area contributed by atoms with Crippen LogP contribution >= 0.6 is 22.2 Å². The van der Waals surface area contributed by atoms with E-state index in [1.165, 1.54) is 5.56 Å². The molecule has 1 atom stereocenters. The Balaban J connectivity index is 2.75. The lowest BCUT2D eigenvalue weighted by atomic mass is 10.2. The van der Waals surface area contributed by atoms with Gasteiger partial charge < -0.3 is 4.90 Å². The van der Waals surface area contributed by atoms with E-state index < -0.39 is 10.0 Å². The van der Waals surface area contributed by atoms with Gasteiger partial charge in [0.25, 0.3) is 0 Å². The fraction of sp³-hybridized carbons (Fsp3) is 0.364. The molecule has 0 heterocycles. The van der Waals surface area contributed by atoms with Crippen molar-refractivity contribution in [3.8, 4) is 0 Å². The van der Waals surface area contributed by atoms with Crippen molar-refractivity contribution < 1.29 is 4.79 Å². The maximum atomic E-state index is 13.9. The number of thiocarbonyl (C=S) groups is 1. The molecule has 0 bridgehead atoms. The van der Waals surface area contributed by atoms with Crippen LogP contribution < -0.4 is 0 Å². The van der Waals surface area contributed by atoms with Crippen molar-refractivity contribution in [1.82, 2.24) is 4.90 Å². The lowest BCUT2D eigenvalue weighted by molar-refractivity contribution is 0.108. The molecular formula is C22H29NOS2. The van der Waals surface area contributed by atoms with Crippen LogP contribution in [0.25, 0.3) is 0 Å². The minimum atomic E-state index is -1.97. The summed E-state index contributed by atoms with van der Waals surface area (Å²) < 4.78 is 0.819. The van der Waals surface area contributed by atoms with Gasteiger partial charge >= 0.3 is 0 Å². The first-order valence-corrected chi connectivity index (χ1v) is 11.5. The summed E-state index contributed by atoms with van der Waals surface area (Å²) >= 11 is 6.01. The van der Waals surface area contributed by atoms with Crippen LogP contribution in [0.15, 0.2) is 59.5 Å². The van der Waals surface area contributed by atoms with Gasteiger partial charge in [-0.3, -0.25) is 4.79 Å². The molecule has 0 N–H and O–H groups in total. The summed E-state index contributed by atoms with van der Waals surface area (Å²) in [6.45, 7) is 10.1. The third kappa shape index (κ3) is 3.72. The molecule has 0 spiro atoms. The van der Waals surface area contributed by atoms with E-state index in [4.69, 9.17) is 12.2 Å². The summed E-state index contributed by atoms with van der Waals surface area (Å²) in [7, 11) is -1.97. The maximum Gasteiger partial charge on any atom is 0.212 e. The number of hydrogen-bond donors (Lipinski definition) is 0. The third-order valence-corrected chi connectivity index (χ3v) is 9.66. The predicted octanol–water partition coefficient (Wildman–Crippen LogP) is 5.90. The SMILES string of the molecule is CCc1ccccc1S(CC)(C(=O)c1ccccc1)C(=S)N(CC)CC. The molecule has 2 aromatic rings. The van der Waals surface area contributed by atoms with Gasteiger partial charge in [0.2, 0.25) is 5.12 Å². The Kier molecular flexibility index (Phi) is 7.42. The van der Waals surface area contributed by atoms with E-state index in [1.807, 2.05) is 36.4 Å². The molecule has 0 amide bonds. The number of carbonyl (C=O) groups excluding carboxylic acids is 1. The highest BCUT2D eigenvalue weighted by Gasteiger charge is 2.40. The minimum Gasteiger partial charge on any atom is -0.359 e. The first-order chi connectivity index (χ1) is 12.6. The van der Waals surface area contributed by atoms with Gasteiger partial charge in [0.05, 0.1) is 0 Å². The van der Waals surface area contributed by atoms with E-state index in [0.717, 1.165) is 40.0 Å². The molecule has 0 aromatic heterocycles. The van der Waals surface area contributed by atoms with Crippen LogP contribution in [0.2, 0.25) is 0 Å². The zero-order chi connectivity index (χ0) is 19.2. The molecule has 140 valence electrons. The van der Waals surface area contributed by atoms with Crippen molar-refractivity contribution in [3.63, 3.8) is 0 Å². The highest BCUT2D eigenvalue weighted by molar-refractivity contribution is 8.59. The lowest BCUT2D eigenvalue weighted by Crippen LogP contribution is -2.37. The maximum absolute atomic E-state index is 13.9. The Morgan fingerprint density at radius 2 is 1.50 bits per heavy atom. The first-order valence-electron chi connectivity index (χ1n) is 9.34. The zero-order valence-corrected chi connectivity index (χ0v) is 17.8. The molecule has 0 fully saturated rings. The second-order valence-corrected chi connectivity index (χ2v) is 9.98. The van der Waals surface area contributed by atoms with Crippen molar-refractivity contribution in [1.29, 1.82) is 0 Å². The fourth-order valence-corrected chi connectivity index (χ4v) is 7.98. The molecule has 2 nitrogen and oxygen atoms in total. The highest BCUT2D eigenvalue weighted by atomic mass is 32.3. The number of carbonyl (C=O) groups is 1. The van der Waals surface area contributed by atoms with Crippen molar-refractivity contribution >= 4 is 31.7 Å². The standard InChI is InChI=1S/C22H29NOS2/c1-5-18-14-12-13-17-20(18)26(8-4,22(25)23(6-2)7-3)21(24)19-15-10-9-11-16-19/h9-17H,5-8H2,1-4H3. The number of hydrogen-bond acceptors (Lipinski definition) is 2. The molecule has 4 heteroatoms. The smallest absolute Gasteiger partial charge is 0.212 e. The summed E-state index contributed by atoms with van der Waals surface area (Å²) in [4.78, 5) is 17.2. The summed E-state index contributed by atoms with van der Waals surface area (Å²) in [5, 5.41) is 0.179.